The molecule has 0 spiro atoms. The molecule has 0 bridgehead atoms. The molecule has 0 radical (unpaired) electrons. The van der Waals surface area contributed by atoms with Crippen molar-refractivity contribution in [2.75, 3.05) is 0 Å². The fraction of sp³-hybridized carbons (Fsp3) is 0.333. The minimum absolute atomic E-state index is 0.0737. The zero-order valence-corrected chi connectivity index (χ0v) is 8.02. The van der Waals surface area contributed by atoms with Gasteiger partial charge in [-0.3, -0.25) is 10.1 Å². The van der Waals surface area contributed by atoms with Gasteiger partial charge in [0.05, 0.1) is 11.0 Å². The molecule has 0 saturated heterocycles. The molecule has 1 atom stereocenters. The molecule has 0 aliphatic rings. The SMILES string of the molecule is Cc1ccc(C(C)NO)cc1[N+](=O)[O-]. The first kappa shape index (κ1) is 10.6. The molecule has 0 aliphatic heterocycles. The van der Waals surface area contributed by atoms with Gasteiger partial charge in [-0.2, -0.15) is 5.48 Å². The first-order valence-electron chi connectivity index (χ1n) is 4.21. The van der Waals surface area contributed by atoms with Crippen LogP contribution in [0.1, 0.15) is 24.1 Å². The Morgan fingerprint density at radius 2 is 2.21 bits per heavy atom. The second-order valence-corrected chi connectivity index (χ2v) is 3.15. The molecule has 0 saturated carbocycles. The predicted octanol–water partition coefficient (Wildman–Crippen LogP) is 1.94. The summed E-state index contributed by atoms with van der Waals surface area (Å²) in [5, 5.41) is 19.3. The summed E-state index contributed by atoms with van der Waals surface area (Å²) in [5.74, 6) is 0. The monoisotopic (exact) mass is 196 g/mol. The van der Waals surface area contributed by atoms with E-state index in [2.05, 4.69) is 0 Å². The second kappa shape index (κ2) is 4.17. The number of nitrogens with zero attached hydrogens (tertiary/aromatic N) is 1. The zero-order valence-electron chi connectivity index (χ0n) is 8.02. The smallest absolute Gasteiger partial charge is 0.272 e. The predicted molar refractivity (Wildman–Crippen MR) is 51.2 cm³/mol. The Morgan fingerprint density at radius 3 is 2.71 bits per heavy atom. The lowest BCUT2D eigenvalue weighted by molar-refractivity contribution is -0.385. The summed E-state index contributed by atoms with van der Waals surface area (Å²) in [7, 11) is 0. The lowest BCUT2D eigenvalue weighted by Gasteiger charge is -2.09. The molecule has 1 aromatic rings. The average molecular weight is 196 g/mol. The minimum atomic E-state index is -0.428. The van der Waals surface area contributed by atoms with Crippen molar-refractivity contribution in [3.63, 3.8) is 0 Å². The van der Waals surface area contributed by atoms with E-state index in [-0.39, 0.29) is 11.7 Å². The van der Waals surface area contributed by atoms with Crippen LogP contribution in [0.3, 0.4) is 0 Å². The van der Waals surface area contributed by atoms with Gasteiger partial charge in [0.2, 0.25) is 0 Å². The molecule has 0 amide bonds. The zero-order chi connectivity index (χ0) is 10.7. The number of hydrogen-bond donors (Lipinski definition) is 2. The van der Waals surface area contributed by atoms with Crippen LogP contribution in [0, 0.1) is 17.0 Å². The fourth-order valence-electron chi connectivity index (χ4n) is 1.17. The summed E-state index contributed by atoms with van der Waals surface area (Å²) in [6.45, 7) is 3.40. The summed E-state index contributed by atoms with van der Waals surface area (Å²) in [5.41, 5.74) is 3.42. The van der Waals surface area contributed by atoms with Crippen LogP contribution in [-0.4, -0.2) is 10.1 Å². The van der Waals surface area contributed by atoms with Crippen LogP contribution in [0.5, 0.6) is 0 Å². The maximum Gasteiger partial charge on any atom is 0.272 e. The van der Waals surface area contributed by atoms with E-state index in [0.29, 0.717) is 11.1 Å². The first-order chi connectivity index (χ1) is 6.56. The Hall–Kier alpha value is -1.46. The van der Waals surface area contributed by atoms with E-state index >= 15 is 0 Å². The molecule has 0 aliphatic carbocycles. The van der Waals surface area contributed by atoms with Crippen LogP contribution < -0.4 is 5.48 Å². The maximum atomic E-state index is 10.6. The van der Waals surface area contributed by atoms with Crippen LogP contribution in [-0.2, 0) is 0 Å². The first-order valence-corrected chi connectivity index (χ1v) is 4.21. The Labute approximate surface area is 81.5 Å². The van der Waals surface area contributed by atoms with Gasteiger partial charge in [-0.25, -0.2) is 0 Å². The molecular weight excluding hydrogens is 184 g/mol. The lowest BCUT2D eigenvalue weighted by Crippen LogP contribution is -2.13. The highest BCUT2D eigenvalue weighted by Gasteiger charge is 2.13. The van der Waals surface area contributed by atoms with Crippen LogP contribution in [0.4, 0.5) is 5.69 Å². The van der Waals surface area contributed by atoms with E-state index in [1.54, 1.807) is 26.0 Å². The van der Waals surface area contributed by atoms with Crippen molar-refractivity contribution in [2.24, 2.45) is 0 Å². The normalized spacial score (nSPS) is 12.5. The second-order valence-electron chi connectivity index (χ2n) is 3.15. The van der Waals surface area contributed by atoms with Crippen molar-refractivity contribution in [1.82, 2.24) is 5.48 Å². The Kier molecular flexibility index (Phi) is 3.16. The largest absolute Gasteiger partial charge is 0.316 e. The highest BCUT2D eigenvalue weighted by atomic mass is 16.6. The quantitative estimate of drug-likeness (QED) is 0.572. The molecule has 0 fully saturated rings. The number of nitro groups is 1. The molecular formula is C9H12N2O3. The highest BCUT2D eigenvalue weighted by Crippen LogP contribution is 2.22. The molecule has 1 rings (SSSR count). The number of hydrogen-bond acceptors (Lipinski definition) is 4. The third-order valence-corrected chi connectivity index (χ3v) is 2.12. The van der Waals surface area contributed by atoms with Crippen molar-refractivity contribution >= 4 is 5.69 Å². The molecule has 5 heteroatoms. The van der Waals surface area contributed by atoms with Gasteiger partial charge in [0, 0.05) is 11.6 Å². The van der Waals surface area contributed by atoms with Crippen LogP contribution >= 0.6 is 0 Å². The van der Waals surface area contributed by atoms with E-state index < -0.39 is 4.92 Å². The summed E-state index contributed by atoms with van der Waals surface area (Å²) < 4.78 is 0. The van der Waals surface area contributed by atoms with Crippen molar-refractivity contribution in [2.45, 2.75) is 19.9 Å². The lowest BCUT2D eigenvalue weighted by atomic mass is 10.1. The van der Waals surface area contributed by atoms with Gasteiger partial charge in [0.1, 0.15) is 0 Å². The molecule has 5 nitrogen and oxygen atoms in total. The number of nitrogens with one attached hydrogen (secondary N) is 1. The van der Waals surface area contributed by atoms with Crippen LogP contribution in [0.2, 0.25) is 0 Å². The molecule has 76 valence electrons. The van der Waals surface area contributed by atoms with Crippen molar-refractivity contribution in [1.29, 1.82) is 0 Å². The molecule has 1 aromatic carbocycles. The van der Waals surface area contributed by atoms with Gasteiger partial charge in [0.25, 0.3) is 5.69 Å². The number of aryl methyl sites for hydroxylation is 1. The average Bonchev–Trinajstić information content (AvgIpc) is 2.17. The molecule has 2 N–H and O–H groups in total. The van der Waals surface area contributed by atoms with Gasteiger partial charge >= 0.3 is 0 Å². The van der Waals surface area contributed by atoms with Crippen molar-refractivity contribution < 1.29 is 10.1 Å². The van der Waals surface area contributed by atoms with Crippen LogP contribution in [0.25, 0.3) is 0 Å². The van der Waals surface area contributed by atoms with Gasteiger partial charge in [-0.1, -0.05) is 12.1 Å². The topological polar surface area (TPSA) is 75.4 Å². The molecule has 0 heterocycles. The minimum Gasteiger partial charge on any atom is -0.316 e. The number of nitro benzene ring substituents is 1. The third-order valence-electron chi connectivity index (χ3n) is 2.12. The molecule has 1 unspecified atom stereocenters. The Morgan fingerprint density at radius 1 is 1.57 bits per heavy atom. The van der Waals surface area contributed by atoms with Gasteiger partial charge in [-0.15, -0.1) is 0 Å². The van der Waals surface area contributed by atoms with E-state index in [4.69, 9.17) is 5.21 Å². The van der Waals surface area contributed by atoms with Gasteiger partial charge < -0.3 is 5.21 Å². The van der Waals surface area contributed by atoms with E-state index in [1.165, 1.54) is 6.07 Å². The standard InChI is InChI=1S/C9H12N2O3/c1-6-3-4-8(7(2)10-12)5-9(6)11(13)14/h3-5,7,10,12H,1-2H3. The summed E-state index contributed by atoms with van der Waals surface area (Å²) in [6.07, 6.45) is 0. The van der Waals surface area contributed by atoms with Gasteiger partial charge in [0.15, 0.2) is 0 Å². The Bertz CT molecular complexity index is 352. The van der Waals surface area contributed by atoms with E-state index in [0.717, 1.165) is 0 Å². The fourth-order valence-corrected chi connectivity index (χ4v) is 1.17. The third kappa shape index (κ3) is 2.07. The van der Waals surface area contributed by atoms with Gasteiger partial charge in [-0.05, 0) is 19.4 Å². The molecule has 0 aromatic heterocycles. The number of benzene rings is 1. The van der Waals surface area contributed by atoms with Crippen molar-refractivity contribution in [3.05, 3.63) is 39.4 Å². The van der Waals surface area contributed by atoms with E-state index in [9.17, 15) is 10.1 Å². The number of rotatable bonds is 3. The highest BCUT2D eigenvalue weighted by molar-refractivity contribution is 5.43. The maximum absolute atomic E-state index is 10.6. The Balaban J connectivity index is 3.12. The molecule has 14 heavy (non-hydrogen) atoms. The summed E-state index contributed by atoms with van der Waals surface area (Å²) in [6, 6.07) is 4.56. The van der Waals surface area contributed by atoms with E-state index in [1.807, 2.05) is 5.48 Å². The number of hydroxylamine groups is 1. The van der Waals surface area contributed by atoms with Crippen molar-refractivity contribution in [3.8, 4) is 0 Å². The van der Waals surface area contributed by atoms with Crippen LogP contribution in [0.15, 0.2) is 18.2 Å². The summed E-state index contributed by atoms with van der Waals surface area (Å²) >= 11 is 0. The summed E-state index contributed by atoms with van der Waals surface area (Å²) in [4.78, 5) is 10.2.